The molecule has 7 nitrogen and oxygen atoms in total. The molecule has 0 bridgehead atoms. The van der Waals surface area contributed by atoms with Crippen molar-refractivity contribution in [2.45, 2.75) is 37.6 Å². The molecule has 1 heterocycles. The normalized spacial score (nSPS) is 21.2. The largest absolute Gasteiger partial charge is 0.379 e. The minimum atomic E-state index is -0.187. The van der Waals surface area contributed by atoms with Crippen molar-refractivity contribution in [2.75, 3.05) is 60.2 Å². The Hall–Kier alpha value is -1.18. The van der Waals surface area contributed by atoms with E-state index in [1.54, 1.807) is 7.05 Å². The van der Waals surface area contributed by atoms with Crippen LogP contribution in [0.2, 0.25) is 0 Å². The fourth-order valence-electron chi connectivity index (χ4n) is 3.71. The Morgan fingerprint density at radius 2 is 1.88 bits per heavy atom. The second-order valence-corrected chi connectivity index (χ2v) is 6.84. The van der Waals surface area contributed by atoms with Crippen LogP contribution in [0.3, 0.4) is 0 Å². The van der Waals surface area contributed by atoms with Gasteiger partial charge in [-0.1, -0.05) is 19.3 Å². The standard InChI is InChI=1S/C17H31N3O4/c1-19(16(22)13-23-2)12-15(21)18-14-17(6-4-3-5-7-17)20-8-10-24-11-9-20/h3-14H2,1-2H3,(H,18,21). The number of morpholine rings is 1. The first-order valence-electron chi connectivity index (χ1n) is 8.90. The number of carbonyl (C=O) groups excluding carboxylic acids is 2. The minimum Gasteiger partial charge on any atom is -0.379 e. The topological polar surface area (TPSA) is 71.1 Å². The Labute approximate surface area is 144 Å². The van der Waals surface area contributed by atoms with Crippen LogP contribution in [0.5, 0.6) is 0 Å². The maximum Gasteiger partial charge on any atom is 0.248 e. The summed E-state index contributed by atoms with van der Waals surface area (Å²) < 4.78 is 10.3. The first-order valence-corrected chi connectivity index (χ1v) is 8.90. The maximum atomic E-state index is 12.2. The molecule has 1 aliphatic heterocycles. The average Bonchev–Trinajstić information content (AvgIpc) is 2.62. The number of rotatable bonds is 7. The van der Waals surface area contributed by atoms with E-state index in [1.165, 1.54) is 31.3 Å². The molecule has 0 aromatic rings. The molecule has 2 amide bonds. The zero-order chi connectivity index (χ0) is 17.4. The Kier molecular flexibility index (Phi) is 7.45. The minimum absolute atomic E-state index is 0.00148. The molecule has 0 radical (unpaired) electrons. The smallest absolute Gasteiger partial charge is 0.248 e. The van der Waals surface area contributed by atoms with Crippen molar-refractivity contribution >= 4 is 11.8 Å². The zero-order valence-corrected chi connectivity index (χ0v) is 15.0. The van der Waals surface area contributed by atoms with Gasteiger partial charge in [-0.15, -0.1) is 0 Å². The second-order valence-electron chi connectivity index (χ2n) is 6.84. The lowest BCUT2D eigenvalue weighted by Crippen LogP contribution is -2.60. The first-order chi connectivity index (χ1) is 11.6. The third kappa shape index (κ3) is 5.16. The van der Waals surface area contributed by atoms with Crippen LogP contribution in [0.15, 0.2) is 0 Å². The van der Waals surface area contributed by atoms with Crippen LogP contribution in [0.25, 0.3) is 0 Å². The highest BCUT2D eigenvalue weighted by atomic mass is 16.5. The van der Waals surface area contributed by atoms with Gasteiger partial charge in [0.15, 0.2) is 0 Å². The van der Waals surface area contributed by atoms with Crippen LogP contribution in [0.4, 0.5) is 0 Å². The van der Waals surface area contributed by atoms with Crippen LogP contribution in [0, 0.1) is 0 Å². The molecule has 1 saturated heterocycles. The molecule has 1 saturated carbocycles. The summed E-state index contributed by atoms with van der Waals surface area (Å²) in [5, 5.41) is 3.06. The fraction of sp³-hybridized carbons (Fsp3) is 0.882. The summed E-state index contributed by atoms with van der Waals surface area (Å²) in [6.45, 7) is 4.12. The highest BCUT2D eigenvalue weighted by molar-refractivity contribution is 5.85. The van der Waals surface area contributed by atoms with Crippen LogP contribution in [0.1, 0.15) is 32.1 Å². The molecular formula is C17H31N3O4. The van der Waals surface area contributed by atoms with Gasteiger partial charge in [0.05, 0.1) is 19.8 Å². The van der Waals surface area contributed by atoms with Crippen molar-refractivity contribution in [1.82, 2.24) is 15.1 Å². The van der Waals surface area contributed by atoms with Crippen LogP contribution >= 0.6 is 0 Å². The number of nitrogens with zero attached hydrogens (tertiary/aromatic N) is 2. The van der Waals surface area contributed by atoms with Gasteiger partial charge in [0.1, 0.15) is 6.61 Å². The monoisotopic (exact) mass is 341 g/mol. The molecule has 1 N–H and O–H groups in total. The Morgan fingerprint density at radius 3 is 2.50 bits per heavy atom. The summed E-state index contributed by atoms with van der Waals surface area (Å²) in [5.74, 6) is -0.298. The van der Waals surface area contributed by atoms with E-state index in [2.05, 4.69) is 10.2 Å². The van der Waals surface area contributed by atoms with E-state index in [0.29, 0.717) is 6.54 Å². The molecule has 2 fully saturated rings. The van der Waals surface area contributed by atoms with Gasteiger partial charge < -0.3 is 19.7 Å². The molecule has 138 valence electrons. The van der Waals surface area contributed by atoms with Crippen molar-refractivity contribution in [3.8, 4) is 0 Å². The molecule has 0 unspecified atom stereocenters. The van der Waals surface area contributed by atoms with Gasteiger partial charge >= 0.3 is 0 Å². The highest BCUT2D eigenvalue weighted by Crippen LogP contribution is 2.33. The quantitative estimate of drug-likeness (QED) is 0.718. The molecule has 2 aliphatic rings. The van der Waals surface area contributed by atoms with E-state index in [1.807, 2.05) is 0 Å². The van der Waals surface area contributed by atoms with E-state index < -0.39 is 0 Å². The zero-order valence-electron chi connectivity index (χ0n) is 15.0. The van der Waals surface area contributed by atoms with Gasteiger partial charge in [0.2, 0.25) is 11.8 Å². The Bertz CT molecular complexity index is 418. The van der Waals surface area contributed by atoms with Crippen molar-refractivity contribution in [3.05, 3.63) is 0 Å². The van der Waals surface area contributed by atoms with E-state index in [9.17, 15) is 9.59 Å². The predicted octanol–water partition coefficient (Wildman–Crippen LogP) is 0.243. The van der Waals surface area contributed by atoms with E-state index in [-0.39, 0.29) is 30.5 Å². The molecule has 0 spiro atoms. The van der Waals surface area contributed by atoms with Crippen LogP contribution < -0.4 is 5.32 Å². The molecule has 2 rings (SSSR count). The number of hydrogen-bond acceptors (Lipinski definition) is 5. The fourth-order valence-corrected chi connectivity index (χ4v) is 3.71. The van der Waals surface area contributed by atoms with Gasteiger partial charge in [0.25, 0.3) is 0 Å². The summed E-state index contributed by atoms with van der Waals surface area (Å²) >= 11 is 0. The average molecular weight is 341 g/mol. The van der Waals surface area contributed by atoms with E-state index in [4.69, 9.17) is 9.47 Å². The van der Waals surface area contributed by atoms with Crippen molar-refractivity contribution < 1.29 is 19.1 Å². The van der Waals surface area contributed by atoms with Crippen LogP contribution in [-0.2, 0) is 19.1 Å². The van der Waals surface area contributed by atoms with Gasteiger partial charge in [-0.25, -0.2) is 0 Å². The third-order valence-electron chi connectivity index (χ3n) is 5.16. The van der Waals surface area contributed by atoms with E-state index in [0.717, 1.165) is 39.1 Å². The SMILES string of the molecule is COCC(=O)N(C)CC(=O)NCC1(N2CCOCC2)CCCCC1. The summed E-state index contributed by atoms with van der Waals surface area (Å²) in [6.07, 6.45) is 5.92. The summed E-state index contributed by atoms with van der Waals surface area (Å²) in [6, 6.07) is 0. The van der Waals surface area contributed by atoms with Crippen molar-refractivity contribution in [1.29, 1.82) is 0 Å². The summed E-state index contributed by atoms with van der Waals surface area (Å²) in [5.41, 5.74) is 0.0484. The lowest BCUT2D eigenvalue weighted by atomic mass is 9.79. The third-order valence-corrected chi connectivity index (χ3v) is 5.16. The Morgan fingerprint density at radius 1 is 1.21 bits per heavy atom. The molecular weight excluding hydrogens is 310 g/mol. The molecule has 0 aromatic carbocycles. The Balaban J connectivity index is 1.87. The van der Waals surface area contributed by atoms with Gasteiger partial charge in [-0.3, -0.25) is 14.5 Å². The van der Waals surface area contributed by atoms with Crippen LogP contribution in [-0.4, -0.2) is 87.3 Å². The number of methoxy groups -OCH3 is 1. The molecule has 0 atom stereocenters. The first kappa shape index (κ1) is 19.1. The molecule has 7 heteroatoms. The number of ether oxygens (including phenoxy) is 2. The predicted molar refractivity (Wildman–Crippen MR) is 90.7 cm³/mol. The molecule has 1 aliphatic carbocycles. The number of hydrogen-bond donors (Lipinski definition) is 1. The lowest BCUT2D eigenvalue weighted by molar-refractivity contribution is -0.138. The number of carbonyl (C=O) groups is 2. The maximum absolute atomic E-state index is 12.2. The van der Waals surface area contributed by atoms with Gasteiger partial charge in [-0.2, -0.15) is 0 Å². The van der Waals surface area contributed by atoms with Gasteiger partial charge in [0, 0.05) is 39.3 Å². The lowest BCUT2D eigenvalue weighted by Gasteiger charge is -2.48. The van der Waals surface area contributed by atoms with Gasteiger partial charge in [-0.05, 0) is 12.8 Å². The summed E-state index contributed by atoms with van der Waals surface area (Å²) in [7, 11) is 3.10. The van der Waals surface area contributed by atoms with E-state index >= 15 is 0 Å². The number of amides is 2. The van der Waals surface area contributed by atoms with Crippen molar-refractivity contribution in [3.63, 3.8) is 0 Å². The number of likely N-dealkylation sites (N-methyl/N-ethyl adjacent to an activating group) is 1. The summed E-state index contributed by atoms with van der Waals surface area (Å²) in [4.78, 5) is 27.8. The molecule has 24 heavy (non-hydrogen) atoms. The highest BCUT2D eigenvalue weighted by Gasteiger charge is 2.38. The second kappa shape index (κ2) is 9.34. The number of nitrogens with one attached hydrogen (secondary N) is 1. The van der Waals surface area contributed by atoms with Crippen molar-refractivity contribution in [2.24, 2.45) is 0 Å². The molecule has 0 aromatic heterocycles.